The lowest BCUT2D eigenvalue weighted by Crippen LogP contribution is -2.29. The van der Waals surface area contributed by atoms with E-state index >= 15 is 0 Å². The minimum absolute atomic E-state index is 0.101. The highest BCUT2D eigenvalue weighted by atomic mass is 35.5. The highest BCUT2D eigenvalue weighted by Gasteiger charge is 2.30. The van der Waals surface area contributed by atoms with Crippen molar-refractivity contribution in [3.63, 3.8) is 0 Å². The van der Waals surface area contributed by atoms with Gasteiger partial charge in [0.25, 0.3) is 0 Å². The number of anilines is 1. The average molecular weight is 259 g/mol. The molecular formula is C10H12BClFNO3. The Morgan fingerprint density at radius 2 is 2.35 bits per heavy atom. The second kappa shape index (κ2) is 5.22. The quantitative estimate of drug-likeness (QED) is 0.528. The number of nitrogens with one attached hydrogen (secondary N) is 1. The van der Waals surface area contributed by atoms with E-state index in [1.807, 2.05) is 0 Å². The first-order valence-electron chi connectivity index (χ1n) is 5.21. The van der Waals surface area contributed by atoms with Crippen LogP contribution in [0.4, 0.5) is 10.1 Å². The van der Waals surface area contributed by atoms with Gasteiger partial charge in [0.2, 0.25) is 0 Å². The monoisotopic (exact) mass is 259 g/mol. The summed E-state index contributed by atoms with van der Waals surface area (Å²) in [5.41, 5.74) is 1.65. The van der Waals surface area contributed by atoms with Gasteiger partial charge in [0, 0.05) is 12.2 Å². The number of benzene rings is 1. The zero-order chi connectivity index (χ0) is 12.4. The van der Waals surface area contributed by atoms with Gasteiger partial charge in [-0.1, -0.05) is 0 Å². The molecule has 1 aliphatic heterocycles. The van der Waals surface area contributed by atoms with Crippen molar-refractivity contribution >= 4 is 29.9 Å². The van der Waals surface area contributed by atoms with E-state index in [4.69, 9.17) is 16.3 Å². The molecule has 0 aliphatic carbocycles. The Labute approximate surface area is 103 Å². The van der Waals surface area contributed by atoms with Gasteiger partial charge < -0.3 is 20.1 Å². The molecule has 0 saturated carbocycles. The van der Waals surface area contributed by atoms with Crippen LogP contribution in [-0.2, 0) is 11.3 Å². The molecule has 1 aliphatic rings. The second-order valence-corrected chi connectivity index (χ2v) is 4.18. The number of fused-ring (bicyclic) bond motifs is 1. The number of alkyl halides is 1. The molecule has 4 nitrogen and oxygen atoms in total. The molecule has 2 rings (SSSR count). The Kier molecular flexibility index (Phi) is 3.88. The van der Waals surface area contributed by atoms with Gasteiger partial charge >= 0.3 is 7.12 Å². The predicted molar refractivity (Wildman–Crippen MR) is 64.0 cm³/mol. The summed E-state index contributed by atoms with van der Waals surface area (Å²) >= 11 is 5.46. The van der Waals surface area contributed by atoms with Gasteiger partial charge in [-0.15, -0.1) is 11.6 Å². The van der Waals surface area contributed by atoms with Crippen LogP contribution < -0.4 is 10.8 Å². The summed E-state index contributed by atoms with van der Waals surface area (Å²) in [6, 6.07) is 2.55. The van der Waals surface area contributed by atoms with Gasteiger partial charge in [-0.2, -0.15) is 0 Å². The van der Waals surface area contributed by atoms with E-state index in [0.717, 1.165) is 0 Å². The van der Waals surface area contributed by atoms with E-state index in [0.29, 0.717) is 16.7 Å². The Hall–Kier alpha value is -0.815. The molecule has 7 heteroatoms. The Balaban J connectivity index is 2.20. The molecule has 0 aromatic heterocycles. The van der Waals surface area contributed by atoms with Crippen LogP contribution in [0.3, 0.4) is 0 Å². The number of halogens is 2. The largest absolute Gasteiger partial charge is 0.491 e. The summed E-state index contributed by atoms with van der Waals surface area (Å²) in [4.78, 5) is 0. The smallest absolute Gasteiger partial charge is 0.423 e. The van der Waals surface area contributed by atoms with Crippen molar-refractivity contribution < 1.29 is 19.2 Å². The molecule has 1 aromatic rings. The van der Waals surface area contributed by atoms with E-state index < -0.39 is 19.0 Å². The van der Waals surface area contributed by atoms with E-state index in [-0.39, 0.29) is 19.0 Å². The van der Waals surface area contributed by atoms with Crippen molar-refractivity contribution in [1.82, 2.24) is 0 Å². The summed E-state index contributed by atoms with van der Waals surface area (Å²) in [5.74, 6) is -0.361. The Morgan fingerprint density at radius 3 is 3.06 bits per heavy atom. The molecule has 1 atom stereocenters. The van der Waals surface area contributed by atoms with E-state index in [1.54, 1.807) is 0 Å². The maximum absolute atomic E-state index is 13.3. The van der Waals surface area contributed by atoms with Crippen molar-refractivity contribution in [2.45, 2.75) is 12.7 Å². The highest BCUT2D eigenvalue weighted by molar-refractivity contribution is 6.61. The van der Waals surface area contributed by atoms with Crippen molar-refractivity contribution in [3.05, 3.63) is 23.5 Å². The first-order chi connectivity index (χ1) is 8.11. The number of hydrogen-bond donors (Lipinski definition) is 3. The maximum Gasteiger partial charge on any atom is 0.491 e. The van der Waals surface area contributed by atoms with Crippen LogP contribution in [-0.4, -0.2) is 35.8 Å². The molecule has 1 heterocycles. The fraction of sp³-hybridized carbons (Fsp3) is 0.400. The lowest BCUT2D eigenvalue weighted by molar-refractivity contribution is 0.211. The Morgan fingerprint density at radius 1 is 1.59 bits per heavy atom. The Bertz CT molecular complexity index is 421. The van der Waals surface area contributed by atoms with Crippen molar-refractivity contribution in [2.75, 3.05) is 17.7 Å². The van der Waals surface area contributed by atoms with E-state index in [2.05, 4.69) is 5.32 Å². The van der Waals surface area contributed by atoms with Crippen LogP contribution in [0.1, 0.15) is 5.56 Å². The number of aliphatic hydroxyl groups is 1. The molecule has 1 unspecified atom stereocenters. The highest BCUT2D eigenvalue weighted by Crippen LogP contribution is 2.21. The van der Waals surface area contributed by atoms with Crippen LogP contribution in [0, 0.1) is 5.82 Å². The van der Waals surface area contributed by atoms with Gasteiger partial charge in [0.1, 0.15) is 5.82 Å². The number of rotatable bonds is 4. The summed E-state index contributed by atoms with van der Waals surface area (Å²) < 4.78 is 18.3. The first kappa shape index (κ1) is 12.6. The summed E-state index contributed by atoms with van der Waals surface area (Å²) in [5, 5.41) is 21.7. The zero-order valence-corrected chi connectivity index (χ0v) is 9.75. The molecule has 0 saturated heterocycles. The van der Waals surface area contributed by atoms with Crippen molar-refractivity contribution in [2.24, 2.45) is 0 Å². The normalized spacial score (nSPS) is 15.9. The fourth-order valence-corrected chi connectivity index (χ4v) is 1.84. The van der Waals surface area contributed by atoms with Gasteiger partial charge in [-0.25, -0.2) is 4.39 Å². The third-order valence-corrected chi connectivity index (χ3v) is 2.96. The van der Waals surface area contributed by atoms with Crippen molar-refractivity contribution in [1.29, 1.82) is 0 Å². The van der Waals surface area contributed by atoms with Crippen LogP contribution in [0.25, 0.3) is 0 Å². The summed E-state index contributed by atoms with van der Waals surface area (Å²) in [7, 11) is -1.08. The fourth-order valence-electron chi connectivity index (χ4n) is 1.73. The molecule has 0 fully saturated rings. The lowest BCUT2D eigenvalue weighted by Gasteiger charge is -2.13. The summed E-state index contributed by atoms with van der Waals surface area (Å²) in [6.07, 6.45) is -0.706. The molecule has 1 aromatic carbocycles. The predicted octanol–water partition coefficient (Wildman–Crippen LogP) is 0.0550. The molecular weight excluding hydrogens is 247 g/mol. The minimum atomic E-state index is -1.08. The third-order valence-electron chi connectivity index (χ3n) is 2.61. The van der Waals surface area contributed by atoms with Gasteiger partial charge in [0.15, 0.2) is 0 Å². The number of aliphatic hydroxyl groups excluding tert-OH is 1. The zero-order valence-electron chi connectivity index (χ0n) is 8.99. The molecule has 3 N–H and O–H groups in total. The van der Waals surface area contributed by atoms with E-state index in [1.165, 1.54) is 12.1 Å². The molecule has 0 radical (unpaired) electrons. The molecule has 0 bridgehead atoms. The molecule has 92 valence electrons. The second-order valence-electron chi connectivity index (χ2n) is 3.87. The SMILES string of the molecule is OB1OCc2c(NCC(O)CCl)cc(F)cc21. The van der Waals surface area contributed by atoms with Crippen LogP contribution in [0.15, 0.2) is 12.1 Å². The lowest BCUT2D eigenvalue weighted by atomic mass is 9.79. The van der Waals surface area contributed by atoms with Crippen LogP contribution in [0.5, 0.6) is 0 Å². The summed E-state index contributed by atoms with van der Waals surface area (Å²) in [6.45, 7) is 0.436. The maximum atomic E-state index is 13.3. The van der Waals surface area contributed by atoms with Crippen LogP contribution >= 0.6 is 11.6 Å². The van der Waals surface area contributed by atoms with Crippen LogP contribution in [0.2, 0.25) is 0 Å². The average Bonchev–Trinajstić information content (AvgIpc) is 2.68. The number of hydrogen-bond acceptors (Lipinski definition) is 4. The molecule has 0 amide bonds. The van der Waals surface area contributed by atoms with E-state index in [9.17, 15) is 14.5 Å². The topological polar surface area (TPSA) is 61.7 Å². The first-order valence-corrected chi connectivity index (χ1v) is 5.75. The minimum Gasteiger partial charge on any atom is -0.423 e. The van der Waals surface area contributed by atoms with Crippen molar-refractivity contribution in [3.8, 4) is 0 Å². The standard InChI is InChI=1S/C10H12BClFNO3/c12-3-7(15)4-14-10-2-6(13)1-9-8(10)5-17-11(9)16/h1-2,7,14-16H,3-5H2. The van der Waals surface area contributed by atoms with Gasteiger partial charge in [-0.3, -0.25) is 0 Å². The third kappa shape index (κ3) is 2.71. The van der Waals surface area contributed by atoms with Gasteiger partial charge in [-0.05, 0) is 23.2 Å². The molecule has 17 heavy (non-hydrogen) atoms. The van der Waals surface area contributed by atoms with Gasteiger partial charge in [0.05, 0.1) is 18.6 Å². The molecule has 0 spiro atoms.